The minimum Gasteiger partial charge on any atom is -0.497 e. The van der Waals surface area contributed by atoms with Crippen LogP contribution in [0.15, 0.2) is 46.9 Å². The van der Waals surface area contributed by atoms with Gasteiger partial charge in [0.15, 0.2) is 0 Å². The second-order valence-electron chi connectivity index (χ2n) is 5.61. The summed E-state index contributed by atoms with van der Waals surface area (Å²) in [6.45, 7) is 2.21. The van der Waals surface area contributed by atoms with Gasteiger partial charge < -0.3 is 14.5 Å². The van der Waals surface area contributed by atoms with Crippen LogP contribution in [0.25, 0.3) is 6.08 Å². The molecular formula is C18H19NO3. The molecule has 0 bridgehead atoms. The van der Waals surface area contributed by atoms with E-state index in [0.29, 0.717) is 17.6 Å². The lowest BCUT2D eigenvalue weighted by Gasteiger charge is -2.03. The molecule has 4 nitrogen and oxygen atoms in total. The van der Waals surface area contributed by atoms with Crippen molar-refractivity contribution in [3.8, 4) is 5.75 Å². The Balaban J connectivity index is 1.57. The molecule has 0 saturated heterocycles. The first-order valence-electron chi connectivity index (χ1n) is 7.38. The summed E-state index contributed by atoms with van der Waals surface area (Å²) >= 11 is 0. The summed E-state index contributed by atoms with van der Waals surface area (Å²) in [5.41, 5.74) is 0.724. The predicted octanol–water partition coefficient (Wildman–Crippen LogP) is 4.06. The maximum atomic E-state index is 11.9. The quantitative estimate of drug-likeness (QED) is 0.847. The lowest BCUT2D eigenvalue weighted by atomic mass is 10.3. The van der Waals surface area contributed by atoms with Crippen molar-refractivity contribution in [3.63, 3.8) is 0 Å². The molecule has 1 aliphatic rings. The fraction of sp³-hybridized carbons (Fsp3) is 0.278. The van der Waals surface area contributed by atoms with Crippen LogP contribution < -0.4 is 10.1 Å². The van der Waals surface area contributed by atoms with Gasteiger partial charge in [0, 0.05) is 17.7 Å². The predicted molar refractivity (Wildman–Crippen MR) is 85.9 cm³/mol. The Bertz CT molecular complexity index is 685. The third-order valence-corrected chi connectivity index (χ3v) is 3.88. The standard InChI is InChI=1S/C18H19NO3/c1-12-11-16(12)17-9-7-15(22-17)8-10-18(20)19-13-3-5-14(21-2)6-4-13/h3-10,12,16H,11H2,1-2H3,(H,19,20)/b10-8+/t12-,16+/m0/s1. The topological polar surface area (TPSA) is 51.5 Å². The van der Waals surface area contributed by atoms with Gasteiger partial charge in [-0.15, -0.1) is 0 Å². The highest BCUT2D eigenvalue weighted by molar-refractivity contribution is 6.01. The lowest BCUT2D eigenvalue weighted by molar-refractivity contribution is -0.111. The number of rotatable bonds is 5. The molecule has 1 aliphatic carbocycles. The zero-order valence-electron chi connectivity index (χ0n) is 12.7. The summed E-state index contributed by atoms with van der Waals surface area (Å²) in [5.74, 6) is 3.55. The average Bonchev–Trinajstić information content (AvgIpc) is 3.08. The minimum atomic E-state index is -0.192. The number of nitrogens with one attached hydrogen (secondary N) is 1. The van der Waals surface area contributed by atoms with Crippen molar-refractivity contribution in [1.82, 2.24) is 0 Å². The van der Waals surface area contributed by atoms with Gasteiger partial charge in [-0.2, -0.15) is 0 Å². The number of carbonyl (C=O) groups is 1. The van der Waals surface area contributed by atoms with Gasteiger partial charge >= 0.3 is 0 Å². The van der Waals surface area contributed by atoms with Gasteiger partial charge in [-0.25, -0.2) is 0 Å². The van der Waals surface area contributed by atoms with Crippen molar-refractivity contribution in [2.45, 2.75) is 19.3 Å². The first kappa shape index (κ1) is 14.4. The van der Waals surface area contributed by atoms with E-state index in [4.69, 9.17) is 9.15 Å². The van der Waals surface area contributed by atoms with E-state index < -0.39 is 0 Å². The van der Waals surface area contributed by atoms with Gasteiger partial charge in [-0.05, 0) is 54.8 Å². The van der Waals surface area contributed by atoms with Crippen LogP contribution in [0.5, 0.6) is 5.75 Å². The molecule has 0 unspecified atom stereocenters. The zero-order valence-corrected chi connectivity index (χ0v) is 12.7. The van der Waals surface area contributed by atoms with Crippen LogP contribution in [0, 0.1) is 5.92 Å². The van der Waals surface area contributed by atoms with Gasteiger partial charge in [-0.1, -0.05) is 6.92 Å². The highest BCUT2D eigenvalue weighted by Crippen LogP contribution is 2.47. The third-order valence-electron chi connectivity index (χ3n) is 3.88. The summed E-state index contributed by atoms with van der Waals surface area (Å²) in [6, 6.07) is 11.1. The van der Waals surface area contributed by atoms with E-state index >= 15 is 0 Å². The minimum absolute atomic E-state index is 0.192. The molecular weight excluding hydrogens is 278 g/mol. The number of carbonyl (C=O) groups excluding carboxylic acids is 1. The molecule has 1 fully saturated rings. The van der Waals surface area contributed by atoms with Gasteiger partial charge in [0.2, 0.25) is 5.91 Å². The normalized spacial score (nSPS) is 20.1. The Kier molecular flexibility index (Phi) is 4.00. The molecule has 4 heteroatoms. The molecule has 0 spiro atoms. The van der Waals surface area contributed by atoms with Gasteiger partial charge in [0.25, 0.3) is 0 Å². The molecule has 0 radical (unpaired) electrons. The number of hydrogen-bond donors (Lipinski definition) is 1. The molecule has 1 aromatic carbocycles. The van der Waals surface area contributed by atoms with Gasteiger partial charge in [0.1, 0.15) is 17.3 Å². The first-order valence-corrected chi connectivity index (χ1v) is 7.38. The molecule has 22 heavy (non-hydrogen) atoms. The van der Waals surface area contributed by atoms with E-state index in [9.17, 15) is 4.79 Å². The van der Waals surface area contributed by atoms with Crippen molar-refractivity contribution in [1.29, 1.82) is 0 Å². The Morgan fingerprint density at radius 3 is 2.64 bits per heavy atom. The molecule has 0 aliphatic heterocycles. The third kappa shape index (κ3) is 3.39. The number of anilines is 1. The number of ether oxygens (including phenoxy) is 1. The Labute approximate surface area is 129 Å². The van der Waals surface area contributed by atoms with Gasteiger partial charge in [0.05, 0.1) is 7.11 Å². The molecule has 2 aromatic rings. The number of hydrogen-bond acceptors (Lipinski definition) is 3. The van der Waals surface area contributed by atoms with E-state index in [1.807, 2.05) is 12.1 Å². The van der Waals surface area contributed by atoms with Crippen molar-refractivity contribution >= 4 is 17.7 Å². The maximum Gasteiger partial charge on any atom is 0.248 e. The second-order valence-corrected chi connectivity index (χ2v) is 5.61. The Morgan fingerprint density at radius 1 is 1.27 bits per heavy atom. The van der Waals surface area contributed by atoms with Crippen LogP contribution >= 0.6 is 0 Å². The monoisotopic (exact) mass is 297 g/mol. The van der Waals surface area contributed by atoms with E-state index in [-0.39, 0.29) is 5.91 Å². The molecule has 1 saturated carbocycles. The summed E-state index contributed by atoms with van der Waals surface area (Å²) in [5, 5.41) is 2.79. The van der Waals surface area contributed by atoms with Crippen LogP contribution in [0.2, 0.25) is 0 Å². The van der Waals surface area contributed by atoms with Crippen molar-refractivity contribution in [3.05, 3.63) is 54.0 Å². The molecule has 3 rings (SSSR count). The number of methoxy groups -OCH3 is 1. The maximum absolute atomic E-state index is 11.9. The molecule has 1 N–H and O–H groups in total. The molecule has 1 amide bonds. The Hall–Kier alpha value is -2.49. The van der Waals surface area contributed by atoms with E-state index in [1.165, 1.54) is 12.5 Å². The highest BCUT2D eigenvalue weighted by Gasteiger charge is 2.36. The van der Waals surface area contributed by atoms with Crippen molar-refractivity contribution in [2.75, 3.05) is 12.4 Å². The molecule has 1 aromatic heterocycles. The summed E-state index contributed by atoms with van der Waals surface area (Å²) < 4.78 is 10.8. The average molecular weight is 297 g/mol. The largest absolute Gasteiger partial charge is 0.497 e. The second kappa shape index (κ2) is 6.10. The van der Waals surface area contributed by atoms with Crippen LogP contribution in [-0.4, -0.2) is 13.0 Å². The van der Waals surface area contributed by atoms with Crippen LogP contribution in [0.1, 0.15) is 30.8 Å². The van der Waals surface area contributed by atoms with Crippen molar-refractivity contribution < 1.29 is 13.9 Å². The zero-order chi connectivity index (χ0) is 15.5. The number of benzene rings is 1. The highest BCUT2D eigenvalue weighted by atomic mass is 16.5. The molecule has 2 atom stereocenters. The molecule has 114 valence electrons. The molecule has 1 heterocycles. The smallest absolute Gasteiger partial charge is 0.248 e. The first-order chi connectivity index (χ1) is 10.7. The van der Waals surface area contributed by atoms with Gasteiger partial charge in [-0.3, -0.25) is 4.79 Å². The summed E-state index contributed by atoms with van der Waals surface area (Å²) in [6.07, 6.45) is 4.35. The van der Waals surface area contributed by atoms with Crippen LogP contribution in [0.4, 0.5) is 5.69 Å². The van der Waals surface area contributed by atoms with Crippen molar-refractivity contribution in [2.24, 2.45) is 5.92 Å². The SMILES string of the molecule is COc1ccc(NC(=O)/C=C/c2ccc([C@@H]3C[C@@H]3C)o2)cc1. The van der Waals surface area contributed by atoms with E-state index in [0.717, 1.165) is 17.2 Å². The summed E-state index contributed by atoms with van der Waals surface area (Å²) in [7, 11) is 1.61. The fourth-order valence-corrected chi connectivity index (χ4v) is 2.39. The van der Waals surface area contributed by atoms with E-state index in [2.05, 4.69) is 12.2 Å². The lowest BCUT2D eigenvalue weighted by Crippen LogP contribution is -2.07. The fourth-order valence-electron chi connectivity index (χ4n) is 2.39. The number of furan rings is 1. The number of amides is 1. The summed E-state index contributed by atoms with van der Waals surface area (Å²) in [4.78, 5) is 11.9. The Morgan fingerprint density at radius 2 is 2.00 bits per heavy atom. The van der Waals surface area contributed by atoms with E-state index in [1.54, 1.807) is 37.5 Å². The van der Waals surface area contributed by atoms with Crippen LogP contribution in [-0.2, 0) is 4.79 Å². The van der Waals surface area contributed by atoms with Crippen LogP contribution in [0.3, 0.4) is 0 Å².